The van der Waals surface area contributed by atoms with Crippen molar-refractivity contribution in [1.82, 2.24) is 5.32 Å². The molecule has 0 rings (SSSR count). The van der Waals surface area contributed by atoms with E-state index in [-0.39, 0.29) is 0 Å². The molecule has 0 aliphatic heterocycles. The van der Waals surface area contributed by atoms with E-state index >= 15 is 0 Å². The molecule has 2 unspecified atom stereocenters. The van der Waals surface area contributed by atoms with Crippen LogP contribution in [-0.4, -0.2) is 36.4 Å². The van der Waals surface area contributed by atoms with Crippen molar-refractivity contribution in [3.8, 4) is 0 Å². The van der Waals surface area contributed by atoms with E-state index in [4.69, 9.17) is 9.84 Å². The summed E-state index contributed by atoms with van der Waals surface area (Å²) in [4.78, 5) is 11.1. The number of likely N-dealkylation sites (N-methyl/N-ethyl adjacent to an activating group) is 1. The smallest absolute Gasteiger partial charge is 0.323 e. The van der Waals surface area contributed by atoms with Gasteiger partial charge in [-0.15, -0.1) is 0 Å². The van der Waals surface area contributed by atoms with Crippen LogP contribution in [0.15, 0.2) is 0 Å². The number of ether oxygens (including phenoxy) is 1. The van der Waals surface area contributed by atoms with E-state index in [1.54, 1.807) is 14.0 Å². The SMILES string of the molecule is CNC(C)(CCCCOC(C)CC(C)C)C(=O)O. The number of hydrogen-bond acceptors (Lipinski definition) is 3. The molecule has 0 aromatic carbocycles. The minimum Gasteiger partial charge on any atom is -0.480 e. The fourth-order valence-corrected chi connectivity index (χ4v) is 1.94. The molecule has 0 spiro atoms. The largest absolute Gasteiger partial charge is 0.480 e. The van der Waals surface area contributed by atoms with Crippen molar-refractivity contribution in [3.63, 3.8) is 0 Å². The van der Waals surface area contributed by atoms with Crippen LogP contribution < -0.4 is 5.32 Å². The van der Waals surface area contributed by atoms with Crippen molar-refractivity contribution in [3.05, 3.63) is 0 Å². The van der Waals surface area contributed by atoms with E-state index in [1.165, 1.54) is 0 Å². The summed E-state index contributed by atoms with van der Waals surface area (Å²) >= 11 is 0. The van der Waals surface area contributed by atoms with Gasteiger partial charge >= 0.3 is 5.97 Å². The number of carbonyl (C=O) groups is 1. The number of aliphatic carboxylic acids is 1. The molecular formula is C14H29NO3. The topological polar surface area (TPSA) is 58.6 Å². The lowest BCUT2D eigenvalue weighted by atomic mass is 9.95. The Hall–Kier alpha value is -0.610. The van der Waals surface area contributed by atoms with Crippen LogP contribution in [0.3, 0.4) is 0 Å². The highest BCUT2D eigenvalue weighted by Gasteiger charge is 2.29. The predicted molar refractivity (Wildman–Crippen MR) is 73.8 cm³/mol. The van der Waals surface area contributed by atoms with Crippen molar-refractivity contribution >= 4 is 5.97 Å². The monoisotopic (exact) mass is 259 g/mol. The summed E-state index contributed by atoms with van der Waals surface area (Å²) in [5.41, 5.74) is -0.816. The van der Waals surface area contributed by atoms with Crippen molar-refractivity contribution in [2.24, 2.45) is 5.92 Å². The van der Waals surface area contributed by atoms with E-state index in [9.17, 15) is 4.79 Å². The molecule has 0 bridgehead atoms. The molecule has 0 amide bonds. The van der Waals surface area contributed by atoms with Gasteiger partial charge in [-0.05, 0) is 52.5 Å². The molecule has 0 aromatic heterocycles. The van der Waals surface area contributed by atoms with Gasteiger partial charge in [0.05, 0.1) is 6.10 Å². The first kappa shape index (κ1) is 17.4. The lowest BCUT2D eigenvalue weighted by Crippen LogP contribution is -2.47. The van der Waals surface area contributed by atoms with Crippen molar-refractivity contribution in [1.29, 1.82) is 0 Å². The van der Waals surface area contributed by atoms with Gasteiger partial charge in [0.2, 0.25) is 0 Å². The highest BCUT2D eigenvalue weighted by molar-refractivity contribution is 5.78. The number of hydrogen-bond donors (Lipinski definition) is 2. The van der Waals surface area contributed by atoms with Gasteiger partial charge < -0.3 is 15.2 Å². The summed E-state index contributed by atoms with van der Waals surface area (Å²) < 4.78 is 5.69. The standard InChI is InChI=1S/C14H29NO3/c1-11(2)10-12(3)18-9-7-6-8-14(4,15-5)13(16)17/h11-12,15H,6-10H2,1-5H3,(H,16,17). The molecule has 108 valence electrons. The van der Waals surface area contributed by atoms with Crippen LogP contribution >= 0.6 is 0 Å². The molecule has 18 heavy (non-hydrogen) atoms. The molecule has 0 aliphatic rings. The van der Waals surface area contributed by atoms with Crippen LogP contribution in [0.5, 0.6) is 0 Å². The maximum atomic E-state index is 11.1. The minimum absolute atomic E-state index is 0.292. The zero-order valence-corrected chi connectivity index (χ0v) is 12.5. The van der Waals surface area contributed by atoms with Gasteiger partial charge in [0.15, 0.2) is 0 Å². The summed E-state index contributed by atoms with van der Waals surface area (Å²) in [5, 5.41) is 11.9. The molecule has 0 fully saturated rings. The highest BCUT2D eigenvalue weighted by atomic mass is 16.5. The first-order valence-electron chi connectivity index (χ1n) is 6.85. The van der Waals surface area contributed by atoms with Crippen LogP contribution in [0.25, 0.3) is 0 Å². The van der Waals surface area contributed by atoms with Crippen LogP contribution in [0.2, 0.25) is 0 Å². The number of nitrogens with one attached hydrogen (secondary N) is 1. The third kappa shape index (κ3) is 6.97. The number of carboxylic acid groups (broad SMARTS) is 1. The summed E-state index contributed by atoms with van der Waals surface area (Å²) in [6.07, 6.45) is 3.76. The van der Waals surface area contributed by atoms with Gasteiger partial charge in [0.25, 0.3) is 0 Å². The van der Waals surface area contributed by atoms with Crippen molar-refractivity contribution in [2.45, 2.75) is 65.0 Å². The Labute approximate surface area is 111 Å². The van der Waals surface area contributed by atoms with E-state index in [2.05, 4.69) is 26.1 Å². The number of rotatable bonds is 10. The van der Waals surface area contributed by atoms with Gasteiger partial charge in [0, 0.05) is 6.61 Å². The maximum Gasteiger partial charge on any atom is 0.323 e. The molecule has 2 N–H and O–H groups in total. The second-order valence-corrected chi connectivity index (χ2v) is 5.66. The Bertz CT molecular complexity index is 243. The molecule has 4 heteroatoms. The molecule has 0 saturated heterocycles. The fourth-order valence-electron chi connectivity index (χ4n) is 1.94. The normalized spacial score (nSPS) is 16.6. The molecule has 4 nitrogen and oxygen atoms in total. The Balaban J connectivity index is 3.70. The summed E-state index contributed by atoms with van der Waals surface area (Å²) in [6.45, 7) is 8.90. The molecule has 0 radical (unpaired) electrons. The van der Waals surface area contributed by atoms with Crippen LogP contribution in [-0.2, 0) is 9.53 Å². The summed E-state index contributed by atoms with van der Waals surface area (Å²) in [5.74, 6) is -0.140. The van der Waals surface area contributed by atoms with E-state index < -0.39 is 11.5 Å². The van der Waals surface area contributed by atoms with Crippen molar-refractivity contribution in [2.75, 3.05) is 13.7 Å². The van der Waals surface area contributed by atoms with E-state index in [0.29, 0.717) is 25.0 Å². The Morgan fingerprint density at radius 2 is 1.94 bits per heavy atom. The van der Waals surface area contributed by atoms with Gasteiger partial charge in [-0.3, -0.25) is 4.79 Å². The Kier molecular flexibility index (Phi) is 8.20. The number of unbranched alkanes of at least 4 members (excludes halogenated alkanes) is 1. The van der Waals surface area contributed by atoms with Crippen LogP contribution in [0, 0.1) is 5.92 Å². The molecule has 2 atom stereocenters. The summed E-state index contributed by atoms with van der Waals surface area (Å²) in [6, 6.07) is 0. The van der Waals surface area contributed by atoms with Gasteiger partial charge in [0.1, 0.15) is 5.54 Å². The summed E-state index contributed by atoms with van der Waals surface area (Å²) in [7, 11) is 1.69. The maximum absolute atomic E-state index is 11.1. The van der Waals surface area contributed by atoms with Gasteiger partial charge in [-0.2, -0.15) is 0 Å². The Morgan fingerprint density at radius 1 is 1.33 bits per heavy atom. The second kappa shape index (κ2) is 8.48. The van der Waals surface area contributed by atoms with Crippen LogP contribution in [0.4, 0.5) is 0 Å². The predicted octanol–water partition coefficient (Wildman–Crippen LogP) is 2.67. The molecule has 0 saturated carbocycles. The quantitative estimate of drug-likeness (QED) is 0.592. The molecule has 0 heterocycles. The van der Waals surface area contributed by atoms with Crippen LogP contribution in [0.1, 0.15) is 53.4 Å². The van der Waals surface area contributed by atoms with E-state index in [1.807, 2.05) is 0 Å². The lowest BCUT2D eigenvalue weighted by Gasteiger charge is -2.24. The minimum atomic E-state index is -0.816. The molecule has 0 aromatic rings. The lowest BCUT2D eigenvalue weighted by molar-refractivity contribution is -0.144. The second-order valence-electron chi connectivity index (χ2n) is 5.66. The molecular weight excluding hydrogens is 230 g/mol. The average Bonchev–Trinajstić information content (AvgIpc) is 2.26. The first-order chi connectivity index (χ1) is 8.31. The third-order valence-electron chi connectivity index (χ3n) is 3.30. The van der Waals surface area contributed by atoms with Gasteiger partial charge in [-0.25, -0.2) is 0 Å². The zero-order valence-electron chi connectivity index (χ0n) is 12.5. The zero-order chi connectivity index (χ0) is 14.2. The fraction of sp³-hybridized carbons (Fsp3) is 0.929. The number of carboxylic acids is 1. The van der Waals surface area contributed by atoms with Gasteiger partial charge in [-0.1, -0.05) is 13.8 Å². The highest BCUT2D eigenvalue weighted by Crippen LogP contribution is 2.14. The Morgan fingerprint density at radius 3 is 2.39 bits per heavy atom. The van der Waals surface area contributed by atoms with E-state index in [0.717, 1.165) is 19.3 Å². The average molecular weight is 259 g/mol. The first-order valence-corrected chi connectivity index (χ1v) is 6.85. The third-order valence-corrected chi connectivity index (χ3v) is 3.30. The molecule has 0 aliphatic carbocycles. The van der Waals surface area contributed by atoms with Crippen molar-refractivity contribution < 1.29 is 14.6 Å².